The summed E-state index contributed by atoms with van der Waals surface area (Å²) in [7, 11) is 0. The van der Waals surface area contributed by atoms with Crippen molar-refractivity contribution in [2.24, 2.45) is 22.7 Å². The van der Waals surface area contributed by atoms with E-state index in [1.165, 1.54) is 0 Å². The van der Waals surface area contributed by atoms with Gasteiger partial charge in [0.2, 0.25) is 0 Å². The van der Waals surface area contributed by atoms with Gasteiger partial charge in [0, 0.05) is 19.6 Å². The molecule has 4 aliphatic rings. The van der Waals surface area contributed by atoms with Crippen LogP contribution in [0.1, 0.15) is 92.9 Å². The molecule has 0 spiro atoms. The lowest BCUT2D eigenvalue weighted by atomic mass is 9.48. The predicted octanol–water partition coefficient (Wildman–Crippen LogP) is 4.53. The first-order valence-electron chi connectivity index (χ1n) is 12.9. The van der Waals surface area contributed by atoms with E-state index in [0.717, 1.165) is 32.1 Å². The molecular formula is C26H42O8. The molecule has 4 aliphatic carbocycles. The van der Waals surface area contributed by atoms with Gasteiger partial charge in [-0.2, -0.15) is 0 Å². The van der Waals surface area contributed by atoms with Crippen molar-refractivity contribution >= 4 is 17.9 Å². The highest BCUT2D eigenvalue weighted by Gasteiger charge is 2.63. The van der Waals surface area contributed by atoms with Gasteiger partial charge in [-0.3, -0.25) is 14.4 Å². The zero-order valence-electron chi connectivity index (χ0n) is 21.6. The molecule has 0 heterocycles. The highest BCUT2D eigenvalue weighted by Crippen LogP contribution is 2.63. The predicted molar refractivity (Wildman–Crippen MR) is 123 cm³/mol. The Kier molecular flexibility index (Phi) is 8.33. The van der Waals surface area contributed by atoms with E-state index in [9.17, 15) is 14.4 Å². The van der Waals surface area contributed by atoms with Crippen LogP contribution < -0.4 is 0 Å². The molecule has 194 valence electrons. The van der Waals surface area contributed by atoms with Gasteiger partial charge in [0.1, 0.15) is 5.60 Å². The largest absolute Gasteiger partial charge is 0.459 e. The van der Waals surface area contributed by atoms with Gasteiger partial charge in [0.05, 0.1) is 17.3 Å². The van der Waals surface area contributed by atoms with Crippen LogP contribution in [-0.4, -0.2) is 49.3 Å². The third-order valence-corrected chi connectivity index (χ3v) is 7.93. The zero-order valence-corrected chi connectivity index (χ0v) is 21.6. The van der Waals surface area contributed by atoms with Crippen LogP contribution in [0.15, 0.2) is 0 Å². The first kappa shape index (κ1) is 26.9. The maximum absolute atomic E-state index is 13.2. The van der Waals surface area contributed by atoms with E-state index in [0.29, 0.717) is 37.9 Å². The molecule has 5 unspecified atom stereocenters. The van der Waals surface area contributed by atoms with Crippen molar-refractivity contribution in [3.8, 4) is 0 Å². The van der Waals surface area contributed by atoms with E-state index in [1.807, 2.05) is 20.8 Å². The normalized spacial score (nSPS) is 33.0. The number of ether oxygens (including phenoxy) is 5. The molecule has 4 bridgehead atoms. The van der Waals surface area contributed by atoms with Gasteiger partial charge in [0.15, 0.2) is 12.6 Å². The summed E-state index contributed by atoms with van der Waals surface area (Å²) in [5, 5.41) is 0. The average molecular weight is 483 g/mol. The minimum absolute atomic E-state index is 0.0723. The Morgan fingerprint density at radius 1 is 0.912 bits per heavy atom. The summed E-state index contributed by atoms with van der Waals surface area (Å²) in [6.45, 7) is 11.6. The number of hydrogen-bond acceptors (Lipinski definition) is 8. The van der Waals surface area contributed by atoms with E-state index < -0.39 is 40.9 Å². The van der Waals surface area contributed by atoms with Gasteiger partial charge in [-0.15, -0.1) is 0 Å². The van der Waals surface area contributed by atoms with Gasteiger partial charge in [-0.1, -0.05) is 6.92 Å². The lowest BCUT2D eigenvalue weighted by molar-refractivity contribution is -0.225. The van der Waals surface area contributed by atoms with Gasteiger partial charge >= 0.3 is 17.9 Å². The zero-order chi connectivity index (χ0) is 25.1. The molecule has 4 fully saturated rings. The second-order valence-electron chi connectivity index (χ2n) is 10.8. The van der Waals surface area contributed by atoms with Gasteiger partial charge in [-0.25, -0.2) is 0 Å². The smallest absolute Gasteiger partial charge is 0.314 e. The van der Waals surface area contributed by atoms with Crippen molar-refractivity contribution in [3.63, 3.8) is 0 Å². The second kappa shape index (κ2) is 10.5. The standard InChI is InChI=1S/C26H42O8/c1-7-24(6,22(28)32-17(4)30-8-2)15-21(27)34-26-13-19-10-20(14-26)12-25(11-19,16-26)23(29)33-18(5)31-9-3/h17-20H,7-16H2,1-6H3. The Morgan fingerprint density at radius 2 is 1.47 bits per heavy atom. The highest BCUT2D eigenvalue weighted by atomic mass is 16.7. The number of carbonyl (C=O) groups excluding carboxylic acids is 3. The molecule has 0 N–H and O–H groups in total. The number of carbonyl (C=O) groups is 3. The molecule has 4 rings (SSSR count). The molecule has 8 heteroatoms. The Balaban J connectivity index is 1.69. The number of rotatable bonds is 12. The van der Waals surface area contributed by atoms with Crippen LogP contribution in [0.5, 0.6) is 0 Å². The highest BCUT2D eigenvalue weighted by molar-refractivity contribution is 5.83. The van der Waals surface area contributed by atoms with E-state index in [4.69, 9.17) is 23.7 Å². The van der Waals surface area contributed by atoms with Crippen LogP contribution in [-0.2, 0) is 38.1 Å². The summed E-state index contributed by atoms with van der Waals surface area (Å²) in [5.41, 5.74) is -2.31. The topological polar surface area (TPSA) is 97.4 Å². The first-order chi connectivity index (χ1) is 16.0. The lowest BCUT2D eigenvalue weighted by Gasteiger charge is -2.59. The lowest BCUT2D eigenvalue weighted by Crippen LogP contribution is -2.60. The van der Waals surface area contributed by atoms with Crippen molar-refractivity contribution in [3.05, 3.63) is 0 Å². The molecule has 0 radical (unpaired) electrons. The fourth-order valence-corrected chi connectivity index (χ4v) is 6.58. The maximum atomic E-state index is 13.2. The van der Waals surface area contributed by atoms with Gasteiger partial charge in [-0.05, 0) is 85.0 Å². The van der Waals surface area contributed by atoms with Crippen molar-refractivity contribution < 1.29 is 38.1 Å². The molecule has 4 saturated carbocycles. The van der Waals surface area contributed by atoms with Crippen molar-refractivity contribution in [1.82, 2.24) is 0 Å². The van der Waals surface area contributed by atoms with Gasteiger partial charge < -0.3 is 23.7 Å². The van der Waals surface area contributed by atoms with E-state index in [1.54, 1.807) is 20.8 Å². The van der Waals surface area contributed by atoms with Crippen molar-refractivity contribution in [2.45, 2.75) is 111 Å². The van der Waals surface area contributed by atoms with Crippen LogP contribution in [0, 0.1) is 22.7 Å². The Morgan fingerprint density at radius 3 is 2.00 bits per heavy atom. The van der Waals surface area contributed by atoms with E-state index in [-0.39, 0.29) is 12.4 Å². The van der Waals surface area contributed by atoms with Crippen LogP contribution >= 0.6 is 0 Å². The molecule has 0 aromatic heterocycles. The van der Waals surface area contributed by atoms with Crippen LogP contribution in [0.4, 0.5) is 0 Å². The molecule has 0 amide bonds. The first-order valence-corrected chi connectivity index (χ1v) is 12.9. The summed E-state index contributed by atoms with van der Waals surface area (Å²) < 4.78 is 27.9. The SMILES string of the molecule is CCOC(C)OC(=O)C(C)(CC)CC(=O)OC12CC3CC(C1)CC(C(=O)OC(C)OCC)(C3)C2. The molecule has 0 aliphatic heterocycles. The fraction of sp³-hybridized carbons (Fsp3) is 0.885. The molecule has 0 aromatic rings. The molecule has 0 saturated heterocycles. The molecule has 5 atom stereocenters. The maximum Gasteiger partial charge on any atom is 0.314 e. The Bertz CT molecular complexity index is 750. The quantitative estimate of drug-likeness (QED) is 0.227. The molecular weight excluding hydrogens is 440 g/mol. The average Bonchev–Trinajstić information content (AvgIpc) is 2.72. The Hall–Kier alpha value is -1.67. The van der Waals surface area contributed by atoms with Gasteiger partial charge in [0.25, 0.3) is 0 Å². The minimum Gasteiger partial charge on any atom is -0.459 e. The van der Waals surface area contributed by atoms with E-state index in [2.05, 4.69) is 0 Å². The van der Waals surface area contributed by atoms with Crippen molar-refractivity contribution in [2.75, 3.05) is 13.2 Å². The summed E-state index contributed by atoms with van der Waals surface area (Å²) in [6.07, 6.45) is 3.70. The van der Waals surface area contributed by atoms with Crippen LogP contribution in [0.25, 0.3) is 0 Å². The Labute approximate surface area is 203 Å². The molecule has 34 heavy (non-hydrogen) atoms. The monoisotopic (exact) mass is 482 g/mol. The summed E-state index contributed by atoms with van der Waals surface area (Å²) in [4.78, 5) is 39.2. The molecule has 8 nitrogen and oxygen atoms in total. The minimum atomic E-state index is -1.01. The third-order valence-electron chi connectivity index (χ3n) is 7.93. The third kappa shape index (κ3) is 5.76. The van der Waals surface area contributed by atoms with Crippen LogP contribution in [0.3, 0.4) is 0 Å². The van der Waals surface area contributed by atoms with E-state index >= 15 is 0 Å². The molecule has 0 aromatic carbocycles. The fourth-order valence-electron chi connectivity index (χ4n) is 6.58. The second-order valence-corrected chi connectivity index (χ2v) is 10.8. The number of hydrogen-bond donors (Lipinski definition) is 0. The summed E-state index contributed by atoms with van der Waals surface area (Å²) in [5.74, 6) is -0.464. The summed E-state index contributed by atoms with van der Waals surface area (Å²) >= 11 is 0. The van der Waals surface area contributed by atoms with Crippen LogP contribution in [0.2, 0.25) is 0 Å². The summed E-state index contributed by atoms with van der Waals surface area (Å²) in [6, 6.07) is 0. The number of esters is 3. The van der Waals surface area contributed by atoms with Crippen molar-refractivity contribution in [1.29, 1.82) is 0 Å².